The molecule has 0 N–H and O–H groups in total. The molecular weight excluding hydrogens is 286 g/mol. The van der Waals surface area contributed by atoms with Gasteiger partial charge in [-0.15, -0.1) is 0 Å². The second-order valence-corrected chi connectivity index (χ2v) is 6.41. The Labute approximate surface area is 139 Å². The van der Waals surface area contributed by atoms with Crippen molar-refractivity contribution in [3.05, 3.63) is 53.1 Å². The van der Waals surface area contributed by atoms with E-state index in [1.165, 1.54) is 16.7 Å². The summed E-state index contributed by atoms with van der Waals surface area (Å²) in [6, 6.07) is 6.51. The van der Waals surface area contributed by atoms with E-state index in [0.29, 0.717) is 13.1 Å². The Bertz CT molecular complexity index is 673. The molecule has 0 saturated heterocycles. The molecule has 0 aliphatic heterocycles. The molecule has 0 atom stereocenters. The van der Waals surface area contributed by atoms with Crippen molar-refractivity contribution < 1.29 is 4.79 Å². The quantitative estimate of drug-likeness (QED) is 0.818. The molecule has 0 aliphatic rings. The molecule has 0 radical (unpaired) electrons. The Morgan fingerprint density at radius 2 is 2.04 bits per heavy atom. The largest absolute Gasteiger partial charge is 0.335 e. The highest BCUT2D eigenvalue weighted by Gasteiger charge is 2.18. The summed E-state index contributed by atoms with van der Waals surface area (Å²) in [6.45, 7) is 12.2. The Morgan fingerprint density at radius 3 is 2.70 bits per heavy atom. The maximum atomic E-state index is 12.3. The van der Waals surface area contributed by atoms with Crippen molar-refractivity contribution >= 4 is 5.91 Å². The summed E-state index contributed by atoms with van der Waals surface area (Å²) in [5, 5.41) is 0. The zero-order chi connectivity index (χ0) is 17.0. The lowest BCUT2D eigenvalue weighted by Crippen LogP contribution is -2.34. The molecule has 4 heteroatoms. The highest BCUT2D eigenvalue weighted by Crippen LogP contribution is 2.15. The molecule has 1 amide bonds. The predicted molar refractivity (Wildman–Crippen MR) is 93.2 cm³/mol. The van der Waals surface area contributed by atoms with Crippen LogP contribution in [0.2, 0.25) is 0 Å². The number of amides is 1. The third kappa shape index (κ3) is 4.21. The number of hydrogen-bond acceptors (Lipinski definition) is 2. The van der Waals surface area contributed by atoms with Gasteiger partial charge in [0.15, 0.2) is 0 Å². The number of aromatic nitrogens is 2. The Hall–Kier alpha value is -2.10. The summed E-state index contributed by atoms with van der Waals surface area (Å²) in [4.78, 5) is 18.6. The average molecular weight is 313 g/mol. The van der Waals surface area contributed by atoms with Gasteiger partial charge in [0.25, 0.3) is 0 Å². The van der Waals surface area contributed by atoms with E-state index in [9.17, 15) is 4.79 Å². The van der Waals surface area contributed by atoms with Gasteiger partial charge in [0.1, 0.15) is 5.82 Å². The zero-order valence-electron chi connectivity index (χ0n) is 14.8. The summed E-state index contributed by atoms with van der Waals surface area (Å²) in [5.74, 6) is 1.12. The molecule has 2 rings (SSSR count). The van der Waals surface area contributed by atoms with Crippen molar-refractivity contribution in [2.24, 2.45) is 5.92 Å². The molecule has 0 bridgehead atoms. The topological polar surface area (TPSA) is 38.1 Å². The number of nitrogens with zero attached hydrogens (tertiary/aromatic N) is 3. The summed E-state index contributed by atoms with van der Waals surface area (Å²) < 4.78 is 2.14. The fourth-order valence-electron chi connectivity index (χ4n) is 2.67. The SMILES string of the molecule is CCN(Cc1nccn1Cc1cc(C)ccc1C)C(=O)C(C)C. The van der Waals surface area contributed by atoms with Crippen molar-refractivity contribution in [3.8, 4) is 0 Å². The summed E-state index contributed by atoms with van der Waals surface area (Å²) in [6.07, 6.45) is 3.80. The Balaban J connectivity index is 2.19. The lowest BCUT2D eigenvalue weighted by atomic mass is 10.1. The van der Waals surface area contributed by atoms with Gasteiger partial charge >= 0.3 is 0 Å². The molecule has 0 unspecified atom stereocenters. The predicted octanol–water partition coefficient (Wildman–Crippen LogP) is 3.55. The third-order valence-electron chi connectivity index (χ3n) is 4.17. The van der Waals surface area contributed by atoms with Crippen LogP contribution in [0.4, 0.5) is 0 Å². The minimum absolute atomic E-state index is 0.0115. The highest BCUT2D eigenvalue weighted by molar-refractivity contribution is 5.77. The van der Waals surface area contributed by atoms with Crippen molar-refractivity contribution in [1.29, 1.82) is 0 Å². The van der Waals surface area contributed by atoms with Gasteiger partial charge < -0.3 is 9.47 Å². The van der Waals surface area contributed by atoms with Gasteiger partial charge in [-0.2, -0.15) is 0 Å². The van der Waals surface area contributed by atoms with Crippen LogP contribution in [0.15, 0.2) is 30.6 Å². The smallest absolute Gasteiger partial charge is 0.225 e. The van der Waals surface area contributed by atoms with E-state index in [2.05, 4.69) is 41.6 Å². The molecular formula is C19H27N3O. The van der Waals surface area contributed by atoms with E-state index < -0.39 is 0 Å². The lowest BCUT2D eigenvalue weighted by molar-refractivity contribution is -0.135. The molecule has 1 aromatic heterocycles. The molecule has 1 aromatic carbocycles. The van der Waals surface area contributed by atoms with E-state index >= 15 is 0 Å². The second-order valence-electron chi connectivity index (χ2n) is 6.41. The summed E-state index contributed by atoms with van der Waals surface area (Å²) in [7, 11) is 0. The first-order valence-electron chi connectivity index (χ1n) is 8.27. The van der Waals surface area contributed by atoms with Crippen LogP contribution in [0.25, 0.3) is 0 Å². The number of carbonyl (C=O) groups is 1. The first kappa shape index (κ1) is 17.3. The fourth-order valence-corrected chi connectivity index (χ4v) is 2.67. The maximum absolute atomic E-state index is 12.3. The minimum atomic E-state index is 0.0115. The molecule has 1 heterocycles. The van der Waals surface area contributed by atoms with Gasteiger partial charge in [-0.3, -0.25) is 4.79 Å². The monoisotopic (exact) mass is 313 g/mol. The summed E-state index contributed by atoms with van der Waals surface area (Å²) in [5.41, 5.74) is 3.83. The third-order valence-corrected chi connectivity index (χ3v) is 4.17. The molecule has 0 spiro atoms. The van der Waals surface area contributed by atoms with E-state index in [4.69, 9.17) is 0 Å². The average Bonchev–Trinajstić information content (AvgIpc) is 2.94. The molecule has 0 aliphatic carbocycles. The molecule has 0 saturated carbocycles. The van der Waals surface area contributed by atoms with Crippen LogP contribution >= 0.6 is 0 Å². The van der Waals surface area contributed by atoms with Crippen LogP contribution in [0.5, 0.6) is 0 Å². The first-order chi connectivity index (χ1) is 10.9. The van der Waals surface area contributed by atoms with Gasteiger partial charge in [0.2, 0.25) is 5.91 Å². The number of imidazole rings is 1. The first-order valence-corrected chi connectivity index (χ1v) is 8.27. The van der Waals surface area contributed by atoms with Crippen molar-refractivity contribution in [2.45, 2.75) is 47.7 Å². The molecule has 0 fully saturated rings. The standard InChI is InChI=1S/C19H27N3O/c1-6-21(19(23)14(2)3)13-18-20-9-10-22(18)12-17-11-15(4)7-8-16(17)5/h7-11,14H,6,12-13H2,1-5H3. The number of carbonyl (C=O) groups excluding carboxylic acids is 1. The number of rotatable bonds is 6. The van der Waals surface area contributed by atoms with Crippen LogP contribution in [0.1, 0.15) is 43.3 Å². The van der Waals surface area contributed by atoms with Crippen LogP contribution < -0.4 is 0 Å². The van der Waals surface area contributed by atoms with Crippen LogP contribution in [0, 0.1) is 19.8 Å². The van der Waals surface area contributed by atoms with Crippen LogP contribution in [-0.4, -0.2) is 26.9 Å². The van der Waals surface area contributed by atoms with Gasteiger partial charge in [0, 0.05) is 31.4 Å². The van der Waals surface area contributed by atoms with Crippen molar-refractivity contribution in [2.75, 3.05) is 6.54 Å². The molecule has 124 valence electrons. The lowest BCUT2D eigenvalue weighted by Gasteiger charge is -2.23. The molecule has 23 heavy (non-hydrogen) atoms. The zero-order valence-corrected chi connectivity index (χ0v) is 14.8. The second kappa shape index (κ2) is 7.44. The van der Waals surface area contributed by atoms with Gasteiger partial charge in [-0.1, -0.05) is 37.6 Å². The van der Waals surface area contributed by atoms with Crippen molar-refractivity contribution in [3.63, 3.8) is 0 Å². The van der Waals surface area contributed by atoms with Gasteiger partial charge in [-0.25, -0.2) is 4.98 Å². The van der Waals surface area contributed by atoms with Crippen LogP contribution in [0.3, 0.4) is 0 Å². The van der Waals surface area contributed by atoms with E-state index in [-0.39, 0.29) is 11.8 Å². The van der Waals surface area contributed by atoms with Gasteiger partial charge in [0.05, 0.1) is 6.54 Å². The van der Waals surface area contributed by atoms with Gasteiger partial charge in [-0.05, 0) is 31.9 Å². The molecule has 2 aromatic rings. The van der Waals surface area contributed by atoms with E-state index in [1.54, 1.807) is 0 Å². The normalized spacial score (nSPS) is 11.0. The fraction of sp³-hybridized carbons (Fsp3) is 0.474. The van der Waals surface area contributed by atoms with Crippen molar-refractivity contribution in [1.82, 2.24) is 14.5 Å². The molecule has 4 nitrogen and oxygen atoms in total. The Morgan fingerprint density at radius 1 is 1.30 bits per heavy atom. The number of hydrogen-bond donors (Lipinski definition) is 0. The Kier molecular flexibility index (Phi) is 5.59. The van der Waals surface area contributed by atoms with E-state index in [0.717, 1.165) is 12.4 Å². The number of benzene rings is 1. The summed E-state index contributed by atoms with van der Waals surface area (Å²) >= 11 is 0. The number of aryl methyl sites for hydroxylation is 2. The minimum Gasteiger partial charge on any atom is -0.335 e. The van der Waals surface area contributed by atoms with E-state index in [1.807, 2.05) is 38.1 Å². The maximum Gasteiger partial charge on any atom is 0.225 e. The van der Waals surface area contributed by atoms with Crippen LogP contribution in [-0.2, 0) is 17.9 Å². The highest BCUT2D eigenvalue weighted by atomic mass is 16.2.